The number of nitrogens with zero attached hydrogens (tertiary/aromatic N) is 4. The highest BCUT2D eigenvalue weighted by atomic mass is 16.6. The Bertz CT molecular complexity index is 970. The summed E-state index contributed by atoms with van der Waals surface area (Å²) in [7, 11) is 0. The summed E-state index contributed by atoms with van der Waals surface area (Å²) in [5, 5.41) is 17.7. The second-order valence-corrected chi connectivity index (χ2v) is 7.31. The van der Waals surface area contributed by atoms with Crippen LogP contribution in [0.3, 0.4) is 0 Å². The molecular formula is C20H22N6O2. The monoisotopic (exact) mass is 378 g/mol. The molecule has 8 nitrogen and oxygen atoms in total. The van der Waals surface area contributed by atoms with Gasteiger partial charge in [0, 0.05) is 47.7 Å². The third kappa shape index (κ3) is 5.00. The lowest BCUT2D eigenvalue weighted by Crippen LogP contribution is -2.27. The van der Waals surface area contributed by atoms with E-state index in [1.807, 2.05) is 39.0 Å². The van der Waals surface area contributed by atoms with Crippen LogP contribution in [0.25, 0.3) is 11.3 Å². The van der Waals surface area contributed by atoms with Crippen molar-refractivity contribution >= 4 is 17.5 Å². The summed E-state index contributed by atoms with van der Waals surface area (Å²) >= 11 is 0. The molecule has 0 saturated heterocycles. The number of nitro groups is 1. The molecule has 8 heteroatoms. The van der Waals surface area contributed by atoms with Gasteiger partial charge >= 0.3 is 0 Å². The average Bonchev–Trinajstić information content (AvgIpc) is 2.65. The molecule has 2 heterocycles. The molecule has 2 aromatic heterocycles. The fraction of sp³-hybridized carbons (Fsp3) is 0.250. The van der Waals surface area contributed by atoms with Gasteiger partial charge in [0.25, 0.3) is 5.69 Å². The second kappa shape index (κ2) is 7.99. The summed E-state index contributed by atoms with van der Waals surface area (Å²) in [4.78, 5) is 24.0. The van der Waals surface area contributed by atoms with Crippen molar-refractivity contribution in [2.45, 2.75) is 32.9 Å². The highest BCUT2D eigenvalue weighted by Gasteiger charge is 2.15. The molecule has 0 aliphatic rings. The minimum Gasteiger partial charge on any atom is -0.366 e. The standard InChI is InChI=1S/C20H22N6O2/c1-20(2,3)25-19-23-16(14-8-10-21-11-9-14)12-18(24-19)22-13-15-6-4-5-7-17(15)26(27)28/h4-12H,13H2,1-3H3,(H2,22,23,24,25). The lowest BCUT2D eigenvalue weighted by Gasteiger charge is -2.21. The van der Waals surface area contributed by atoms with Gasteiger partial charge in [-0.1, -0.05) is 18.2 Å². The molecule has 3 rings (SSSR count). The zero-order chi connectivity index (χ0) is 20.1. The first-order chi connectivity index (χ1) is 13.3. The fourth-order valence-corrected chi connectivity index (χ4v) is 2.62. The number of nitro benzene ring substituents is 1. The summed E-state index contributed by atoms with van der Waals surface area (Å²) in [5.74, 6) is 1.05. The van der Waals surface area contributed by atoms with Gasteiger partial charge in [-0.25, -0.2) is 4.98 Å². The molecule has 0 aliphatic heterocycles. The van der Waals surface area contributed by atoms with Gasteiger partial charge in [0.2, 0.25) is 5.95 Å². The van der Waals surface area contributed by atoms with Crippen LogP contribution in [0.5, 0.6) is 0 Å². The van der Waals surface area contributed by atoms with Crippen LogP contribution in [-0.2, 0) is 6.54 Å². The van der Waals surface area contributed by atoms with Crippen LogP contribution in [-0.4, -0.2) is 25.4 Å². The first-order valence-electron chi connectivity index (χ1n) is 8.86. The number of nitrogens with one attached hydrogen (secondary N) is 2. The predicted molar refractivity (Wildman–Crippen MR) is 109 cm³/mol. The van der Waals surface area contributed by atoms with Crippen LogP contribution in [0, 0.1) is 10.1 Å². The van der Waals surface area contributed by atoms with Crippen molar-refractivity contribution in [1.82, 2.24) is 15.0 Å². The highest BCUT2D eigenvalue weighted by Crippen LogP contribution is 2.24. The van der Waals surface area contributed by atoms with Crippen molar-refractivity contribution < 1.29 is 4.92 Å². The molecule has 3 aromatic rings. The molecule has 0 spiro atoms. The van der Waals surface area contributed by atoms with Crippen molar-refractivity contribution in [2.24, 2.45) is 0 Å². The summed E-state index contributed by atoms with van der Waals surface area (Å²) in [6.07, 6.45) is 3.41. The molecule has 0 atom stereocenters. The van der Waals surface area contributed by atoms with E-state index in [0.29, 0.717) is 17.3 Å². The normalized spacial score (nSPS) is 11.1. The fourth-order valence-electron chi connectivity index (χ4n) is 2.62. The van der Waals surface area contributed by atoms with Crippen molar-refractivity contribution in [3.63, 3.8) is 0 Å². The van der Waals surface area contributed by atoms with Gasteiger partial charge in [-0.3, -0.25) is 15.1 Å². The number of pyridine rings is 1. The van der Waals surface area contributed by atoms with Crippen LogP contribution in [0.15, 0.2) is 54.9 Å². The van der Waals surface area contributed by atoms with E-state index in [-0.39, 0.29) is 22.7 Å². The Labute approximate surface area is 163 Å². The quantitative estimate of drug-likeness (QED) is 0.487. The van der Waals surface area contributed by atoms with Crippen LogP contribution in [0.1, 0.15) is 26.3 Å². The molecule has 0 fully saturated rings. The molecule has 0 bridgehead atoms. The summed E-state index contributed by atoms with van der Waals surface area (Å²) in [6, 6.07) is 12.2. The molecule has 0 radical (unpaired) electrons. The van der Waals surface area contributed by atoms with Gasteiger partial charge in [0.05, 0.1) is 10.6 Å². The maximum atomic E-state index is 11.2. The Morgan fingerprint density at radius 3 is 2.46 bits per heavy atom. The summed E-state index contributed by atoms with van der Waals surface area (Å²) in [6.45, 7) is 6.35. The molecule has 0 aliphatic carbocycles. The molecule has 28 heavy (non-hydrogen) atoms. The van der Waals surface area contributed by atoms with Gasteiger partial charge < -0.3 is 10.6 Å². The SMILES string of the molecule is CC(C)(C)Nc1nc(NCc2ccccc2[N+](=O)[O-])cc(-c2ccncc2)n1. The number of anilines is 2. The van der Waals surface area contributed by atoms with Gasteiger partial charge in [0.1, 0.15) is 5.82 Å². The van der Waals surface area contributed by atoms with Gasteiger partial charge in [0.15, 0.2) is 0 Å². The smallest absolute Gasteiger partial charge is 0.274 e. The Kier molecular flexibility index (Phi) is 5.49. The minimum absolute atomic E-state index is 0.0754. The molecule has 2 N–H and O–H groups in total. The van der Waals surface area contributed by atoms with Gasteiger partial charge in [-0.05, 0) is 32.9 Å². The summed E-state index contributed by atoms with van der Waals surface area (Å²) < 4.78 is 0. The number of aromatic nitrogens is 3. The molecular weight excluding hydrogens is 356 g/mol. The maximum Gasteiger partial charge on any atom is 0.274 e. The summed E-state index contributed by atoms with van der Waals surface area (Å²) in [5.41, 5.74) is 2.08. The predicted octanol–water partition coefficient (Wildman–Crippen LogP) is 4.27. The highest BCUT2D eigenvalue weighted by molar-refractivity contribution is 5.64. The molecule has 1 aromatic carbocycles. The van der Waals surface area contributed by atoms with Crippen molar-refractivity contribution in [1.29, 1.82) is 0 Å². The largest absolute Gasteiger partial charge is 0.366 e. The number of rotatable bonds is 6. The molecule has 0 saturated carbocycles. The number of para-hydroxylation sites is 1. The van der Waals surface area contributed by atoms with Gasteiger partial charge in [-0.15, -0.1) is 0 Å². The van der Waals surface area contributed by atoms with E-state index in [2.05, 4.69) is 25.6 Å². The second-order valence-electron chi connectivity index (χ2n) is 7.31. The Morgan fingerprint density at radius 2 is 1.79 bits per heavy atom. The average molecular weight is 378 g/mol. The van der Waals surface area contributed by atoms with Crippen LogP contribution >= 0.6 is 0 Å². The van der Waals surface area contributed by atoms with Gasteiger partial charge in [-0.2, -0.15) is 4.98 Å². The third-order valence-corrected chi connectivity index (χ3v) is 3.84. The van der Waals surface area contributed by atoms with E-state index in [9.17, 15) is 10.1 Å². The Hall–Kier alpha value is -3.55. The zero-order valence-electron chi connectivity index (χ0n) is 16.0. The van der Waals surface area contributed by atoms with Crippen LogP contribution in [0.2, 0.25) is 0 Å². The van der Waals surface area contributed by atoms with E-state index < -0.39 is 0 Å². The molecule has 0 amide bonds. The number of benzene rings is 1. The number of hydrogen-bond donors (Lipinski definition) is 2. The van der Waals surface area contributed by atoms with Crippen LogP contribution in [0.4, 0.5) is 17.5 Å². The first-order valence-corrected chi connectivity index (χ1v) is 8.86. The Morgan fingerprint density at radius 1 is 1.07 bits per heavy atom. The third-order valence-electron chi connectivity index (χ3n) is 3.84. The topological polar surface area (TPSA) is 106 Å². The molecule has 144 valence electrons. The van der Waals surface area contributed by atoms with E-state index in [1.54, 1.807) is 30.6 Å². The van der Waals surface area contributed by atoms with E-state index in [0.717, 1.165) is 11.3 Å². The van der Waals surface area contributed by atoms with Crippen molar-refractivity contribution in [3.05, 3.63) is 70.5 Å². The first kappa shape index (κ1) is 19.2. The van der Waals surface area contributed by atoms with E-state index >= 15 is 0 Å². The van der Waals surface area contributed by atoms with Crippen molar-refractivity contribution in [3.8, 4) is 11.3 Å². The lowest BCUT2D eigenvalue weighted by molar-refractivity contribution is -0.385. The molecule has 0 unspecified atom stereocenters. The van der Waals surface area contributed by atoms with Crippen molar-refractivity contribution in [2.75, 3.05) is 10.6 Å². The lowest BCUT2D eigenvalue weighted by atomic mass is 10.1. The van der Waals surface area contributed by atoms with E-state index in [4.69, 9.17) is 0 Å². The zero-order valence-corrected chi connectivity index (χ0v) is 16.0. The maximum absolute atomic E-state index is 11.2. The van der Waals surface area contributed by atoms with E-state index in [1.165, 1.54) is 6.07 Å². The minimum atomic E-state index is -0.383. The van der Waals surface area contributed by atoms with Crippen LogP contribution < -0.4 is 10.6 Å². The Balaban J connectivity index is 1.92. The number of hydrogen-bond acceptors (Lipinski definition) is 7.